The number of carbonyl (C=O) groups excluding carboxylic acids is 1. The number of thiocarbonyl (C=S) groups is 1. The van der Waals surface area contributed by atoms with E-state index in [0.717, 1.165) is 6.42 Å². The highest BCUT2D eigenvalue weighted by Gasteiger charge is 2.26. The summed E-state index contributed by atoms with van der Waals surface area (Å²) >= 11 is 4.90. The first-order valence-corrected chi connectivity index (χ1v) is 6.83. The molecule has 0 radical (unpaired) electrons. The molecule has 0 fully saturated rings. The maximum absolute atomic E-state index is 12.1. The van der Waals surface area contributed by atoms with E-state index in [1.54, 1.807) is 0 Å². The maximum Gasteiger partial charge on any atom is 0.237 e. The molecule has 0 spiro atoms. The van der Waals surface area contributed by atoms with E-state index >= 15 is 0 Å². The predicted molar refractivity (Wildman–Crippen MR) is 80.6 cm³/mol. The molecule has 0 rings (SSSR count). The fourth-order valence-electron chi connectivity index (χ4n) is 1.53. The lowest BCUT2D eigenvalue weighted by atomic mass is 10.0. The Morgan fingerprint density at radius 2 is 1.94 bits per heavy atom. The molecular formula is C13H27N3OS. The van der Waals surface area contributed by atoms with Gasteiger partial charge in [-0.2, -0.15) is 0 Å². The van der Waals surface area contributed by atoms with Crippen molar-refractivity contribution in [2.75, 3.05) is 7.05 Å². The van der Waals surface area contributed by atoms with Crippen molar-refractivity contribution in [1.29, 1.82) is 0 Å². The van der Waals surface area contributed by atoms with Crippen LogP contribution in [0.4, 0.5) is 0 Å². The molecule has 0 aromatic heterocycles. The molecule has 0 saturated heterocycles. The third-order valence-corrected chi connectivity index (χ3v) is 3.69. The summed E-state index contributed by atoms with van der Waals surface area (Å²) in [5.74, 6) is 0.0409. The quantitative estimate of drug-likeness (QED) is 0.693. The molecule has 106 valence electrons. The number of hydrogen-bond acceptors (Lipinski definition) is 3. The van der Waals surface area contributed by atoms with E-state index in [1.807, 2.05) is 39.6 Å². The van der Waals surface area contributed by atoms with Crippen LogP contribution in [0.2, 0.25) is 0 Å². The van der Waals surface area contributed by atoms with Gasteiger partial charge in [-0.25, -0.2) is 0 Å². The summed E-state index contributed by atoms with van der Waals surface area (Å²) < 4.78 is 0. The van der Waals surface area contributed by atoms with Gasteiger partial charge in [-0.1, -0.05) is 19.1 Å². The number of nitrogens with zero attached hydrogens (tertiary/aromatic N) is 1. The first-order chi connectivity index (χ1) is 8.10. The van der Waals surface area contributed by atoms with Gasteiger partial charge in [-0.05, 0) is 41.2 Å². The van der Waals surface area contributed by atoms with Crippen molar-refractivity contribution in [2.24, 2.45) is 5.73 Å². The first-order valence-electron chi connectivity index (χ1n) is 6.43. The van der Waals surface area contributed by atoms with Gasteiger partial charge in [0.2, 0.25) is 5.91 Å². The van der Waals surface area contributed by atoms with Crippen molar-refractivity contribution >= 4 is 23.1 Å². The molecule has 18 heavy (non-hydrogen) atoms. The maximum atomic E-state index is 12.1. The lowest BCUT2D eigenvalue weighted by Gasteiger charge is -2.33. The lowest BCUT2D eigenvalue weighted by Crippen LogP contribution is -2.53. The van der Waals surface area contributed by atoms with E-state index in [0.29, 0.717) is 11.4 Å². The fourth-order valence-corrected chi connectivity index (χ4v) is 1.77. The summed E-state index contributed by atoms with van der Waals surface area (Å²) in [6.07, 6.45) is 1.53. The molecule has 0 bridgehead atoms. The number of amides is 1. The van der Waals surface area contributed by atoms with Crippen molar-refractivity contribution in [3.8, 4) is 0 Å². The summed E-state index contributed by atoms with van der Waals surface area (Å²) in [5.41, 5.74) is 5.37. The standard InChI is InChI=1S/C13H27N3OS/c1-7-13(4,5)15-12(17)10(3)16(6)9(2)8-11(14)18/h9-10H,7-8H2,1-6H3,(H2,14,18)(H,15,17). The average Bonchev–Trinajstić information content (AvgIpc) is 2.25. The Kier molecular flexibility index (Phi) is 6.78. The van der Waals surface area contributed by atoms with Gasteiger partial charge in [-0.15, -0.1) is 0 Å². The molecule has 2 atom stereocenters. The zero-order valence-corrected chi connectivity index (χ0v) is 13.2. The summed E-state index contributed by atoms with van der Waals surface area (Å²) in [6.45, 7) is 10.0. The number of nitrogens with two attached hydrogens (primary N) is 1. The summed E-state index contributed by atoms with van der Waals surface area (Å²) in [7, 11) is 1.92. The number of likely N-dealkylation sites (N-methyl/N-ethyl adjacent to an activating group) is 1. The lowest BCUT2D eigenvalue weighted by molar-refractivity contribution is -0.127. The Morgan fingerprint density at radius 1 is 1.44 bits per heavy atom. The topological polar surface area (TPSA) is 58.4 Å². The molecule has 5 heteroatoms. The van der Waals surface area contributed by atoms with Gasteiger partial charge in [0.1, 0.15) is 0 Å². The summed E-state index contributed by atoms with van der Waals surface area (Å²) in [4.78, 5) is 14.6. The predicted octanol–water partition coefficient (Wildman–Crippen LogP) is 1.68. The van der Waals surface area contributed by atoms with Crippen molar-refractivity contribution in [3.63, 3.8) is 0 Å². The number of rotatable bonds is 7. The summed E-state index contributed by atoms with van der Waals surface area (Å²) in [5, 5.41) is 3.05. The number of carbonyl (C=O) groups is 1. The highest BCUT2D eigenvalue weighted by Crippen LogP contribution is 2.11. The average molecular weight is 273 g/mol. The minimum atomic E-state index is -0.194. The normalized spacial score (nSPS) is 15.3. The van der Waals surface area contributed by atoms with E-state index in [9.17, 15) is 4.79 Å². The first kappa shape index (κ1) is 17.3. The Bertz CT molecular complexity index is 305. The van der Waals surface area contributed by atoms with Crippen molar-refractivity contribution < 1.29 is 4.79 Å². The van der Waals surface area contributed by atoms with Gasteiger partial charge in [0.05, 0.1) is 11.0 Å². The van der Waals surface area contributed by atoms with E-state index in [1.165, 1.54) is 0 Å². The van der Waals surface area contributed by atoms with Crippen molar-refractivity contribution in [1.82, 2.24) is 10.2 Å². The minimum Gasteiger partial charge on any atom is -0.393 e. The molecule has 0 saturated carbocycles. The third-order valence-electron chi connectivity index (χ3n) is 3.53. The van der Waals surface area contributed by atoms with E-state index in [2.05, 4.69) is 12.2 Å². The molecular weight excluding hydrogens is 246 g/mol. The van der Waals surface area contributed by atoms with Crippen LogP contribution in [-0.4, -0.2) is 40.5 Å². The van der Waals surface area contributed by atoms with Crippen LogP contribution >= 0.6 is 12.2 Å². The molecule has 0 heterocycles. The van der Waals surface area contributed by atoms with Crippen molar-refractivity contribution in [3.05, 3.63) is 0 Å². The molecule has 0 aromatic carbocycles. The Morgan fingerprint density at radius 3 is 2.33 bits per heavy atom. The van der Waals surface area contributed by atoms with Crippen molar-refractivity contribution in [2.45, 2.75) is 65.1 Å². The van der Waals surface area contributed by atoms with Crippen LogP contribution in [0.3, 0.4) is 0 Å². The van der Waals surface area contributed by atoms with Gasteiger partial charge in [-0.3, -0.25) is 9.69 Å². The summed E-state index contributed by atoms with van der Waals surface area (Å²) in [6, 6.07) is -0.0341. The zero-order valence-electron chi connectivity index (χ0n) is 12.4. The minimum absolute atomic E-state index is 0.0409. The fraction of sp³-hybridized carbons (Fsp3) is 0.846. The second kappa shape index (κ2) is 7.04. The molecule has 0 aromatic rings. The third kappa shape index (κ3) is 5.78. The highest BCUT2D eigenvalue weighted by molar-refractivity contribution is 7.80. The molecule has 2 unspecified atom stereocenters. The van der Waals surface area contributed by atoms with Gasteiger partial charge in [0.25, 0.3) is 0 Å². The molecule has 3 N–H and O–H groups in total. The second-order valence-corrected chi connectivity index (χ2v) is 6.11. The Balaban J connectivity index is 4.49. The SMILES string of the molecule is CCC(C)(C)NC(=O)C(C)N(C)C(C)CC(N)=S. The number of nitrogens with one attached hydrogen (secondary N) is 1. The van der Waals surface area contributed by atoms with Gasteiger partial charge in [0, 0.05) is 18.0 Å². The highest BCUT2D eigenvalue weighted by atomic mass is 32.1. The van der Waals surface area contributed by atoms with Crippen LogP contribution < -0.4 is 11.1 Å². The second-order valence-electron chi connectivity index (χ2n) is 5.59. The van der Waals surface area contributed by atoms with E-state index < -0.39 is 0 Å². The Labute approximate surface area is 116 Å². The molecule has 0 aliphatic heterocycles. The molecule has 0 aliphatic rings. The van der Waals surface area contributed by atoms with Crippen LogP contribution in [0.5, 0.6) is 0 Å². The van der Waals surface area contributed by atoms with Crippen LogP contribution in [0.1, 0.15) is 47.5 Å². The van der Waals surface area contributed by atoms with Gasteiger partial charge < -0.3 is 11.1 Å². The molecule has 1 amide bonds. The zero-order chi connectivity index (χ0) is 14.5. The van der Waals surface area contributed by atoms with E-state index in [4.69, 9.17) is 18.0 Å². The molecule has 4 nitrogen and oxygen atoms in total. The van der Waals surface area contributed by atoms with E-state index in [-0.39, 0.29) is 23.5 Å². The van der Waals surface area contributed by atoms with Gasteiger partial charge >= 0.3 is 0 Å². The Hall–Kier alpha value is -0.680. The number of hydrogen-bond donors (Lipinski definition) is 2. The smallest absolute Gasteiger partial charge is 0.237 e. The monoisotopic (exact) mass is 273 g/mol. The molecule has 0 aliphatic carbocycles. The van der Waals surface area contributed by atoms with Gasteiger partial charge in [0.15, 0.2) is 0 Å². The van der Waals surface area contributed by atoms with Crippen LogP contribution in [0.15, 0.2) is 0 Å². The largest absolute Gasteiger partial charge is 0.393 e. The van der Waals surface area contributed by atoms with Crippen LogP contribution in [-0.2, 0) is 4.79 Å². The van der Waals surface area contributed by atoms with Crippen LogP contribution in [0.25, 0.3) is 0 Å². The van der Waals surface area contributed by atoms with Crippen LogP contribution in [0, 0.1) is 0 Å².